The highest BCUT2D eigenvalue weighted by Crippen LogP contribution is 2.49. The Bertz CT molecular complexity index is 465. The first-order valence-electron chi connectivity index (χ1n) is 7.28. The molecule has 0 amide bonds. The minimum Gasteiger partial charge on any atom is -0.294 e. The molecule has 1 aromatic carbocycles. The van der Waals surface area contributed by atoms with Crippen LogP contribution >= 0.6 is 0 Å². The molecule has 0 bridgehead atoms. The van der Waals surface area contributed by atoms with Crippen LogP contribution in [0.15, 0.2) is 12.1 Å². The lowest BCUT2D eigenvalue weighted by Crippen LogP contribution is -2.24. The van der Waals surface area contributed by atoms with Crippen LogP contribution in [0, 0.1) is 19.3 Å². The summed E-state index contributed by atoms with van der Waals surface area (Å²) < 4.78 is 0. The number of hydrogen-bond acceptors (Lipinski definition) is 1. The highest BCUT2D eigenvalue weighted by Gasteiger charge is 2.47. The Labute approximate surface area is 111 Å². The number of aryl methyl sites for hydroxylation is 2. The summed E-state index contributed by atoms with van der Waals surface area (Å²) in [5.41, 5.74) is 4.88. The van der Waals surface area contributed by atoms with Crippen molar-refractivity contribution in [3.05, 3.63) is 34.4 Å². The fourth-order valence-electron chi connectivity index (χ4n) is 3.55. The molecule has 1 nitrogen and oxygen atoms in total. The van der Waals surface area contributed by atoms with E-state index >= 15 is 0 Å². The highest BCUT2D eigenvalue weighted by atomic mass is 16.1. The number of hydrogen-bond donors (Lipinski definition) is 0. The van der Waals surface area contributed by atoms with Crippen molar-refractivity contribution in [2.24, 2.45) is 5.41 Å². The summed E-state index contributed by atoms with van der Waals surface area (Å²) in [6.45, 7) is 8.21. The maximum Gasteiger partial charge on any atom is 0.169 e. The summed E-state index contributed by atoms with van der Waals surface area (Å²) >= 11 is 0. The second-order valence-electron chi connectivity index (χ2n) is 5.55. The van der Waals surface area contributed by atoms with Gasteiger partial charge in [0, 0.05) is 11.0 Å². The van der Waals surface area contributed by atoms with Crippen LogP contribution in [0.25, 0.3) is 0 Å². The number of fused-ring (bicyclic) bond motifs is 1. The molecule has 0 unspecified atom stereocenters. The lowest BCUT2D eigenvalue weighted by Gasteiger charge is -2.19. The smallest absolute Gasteiger partial charge is 0.169 e. The van der Waals surface area contributed by atoms with Gasteiger partial charge in [-0.1, -0.05) is 38.8 Å². The molecule has 1 spiro atoms. The van der Waals surface area contributed by atoms with Gasteiger partial charge in [0.1, 0.15) is 0 Å². The average molecular weight is 244 g/mol. The summed E-state index contributed by atoms with van der Waals surface area (Å²) in [5.74, 6) is 0.446. The summed E-state index contributed by atoms with van der Waals surface area (Å²) in [4.78, 5) is 12.6. The van der Waals surface area contributed by atoms with E-state index in [0.717, 1.165) is 24.8 Å². The van der Waals surface area contributed by atoms with Crippen LogP contribution in [-0.4, -0.2) is 5.78 Å². The minimum absolute atomic E-state index is 0.000787. The molecular formula is C17H24O. The standard InChI is InChI=1S/C15H18O.C2H6/c1-10-5-6-11(2)13-12(10)9-15(14(13)16)7-3-4-8-15;1-2/h5-6H,3-4,7-9H2,1-2H3;1-2H3. The maximum atomic E-state index is 12.6. The van der Waals surface area contributed by atoms with Gasteiger partial charge >= 0.3 is 0 Å². The predicted octanol–water partition coefficient (Wildman–Crippen LogP) is 4.63. The van der Waals surface area contributed by atoms with E-state index < -0.39 is 0 Å². The molecule has 1 heteroatoms. The lowest BCUT2D eigenvalue weighted by molar-refractivity contribution is 0.0826. The van der Waals surface area contributed by atoms with Crippen LogP contribution in [0.2, 0.25) is 0 Å². The van der Waals surface area contributed by atoms with Gasteiger partial charge in [0.15, 0.2) is 5.78 Å². The first-order valence-corrected chi connectivity index (χ1v) is 7.28. The number of rotatable bonds is 0. The Hall–Kier alpha value is -1.11. The molecule has 1 fully saturated rings. The Morgan fingerprint density at radius 1 is 1.00 bits per heavy atom. The molecule has 2 aliphatic rings. The van der Waals surface area contributed by atoms with Crippen molar-refractivity contribution in [2.45, 2.75) is 59.8 Å². The molecular weight excluding hydrogens is 220 g/mol. The van der Waals surface area contributed by atoms with Crippen LogP contribution in [0.5, 0.6) is 0 Å². The molecule has 0 N–H and O–H groups in total. The van der Waals surface area contributed by atoms with Gasteiger partial charge in [0.25, 0.3) is 0 Å². The van der Waals surface area contributed by atoms with E-state index in [1.165, 1.54) is 29.5 Å². The lowest BCUT2D eigenvalue weighted by atomic mass is 9.82. The zero-order chi connectivity index (χ0) is 13.3. The van der Waals surface area contributed by atoms with Gasteiger partial charge in [0.2, 0.25) is 0 Å². The molecule has 0 saturated heterocycles. The quantitative estimate of drug-likeness (QED) is 0.650. The molecule has 0 aromatic heterocycles. The average Bonchev–Trinajstić information content (AvgIpc) is 2.96. The molecule has 18 heavy (non-hydrogen) atoms. The normalized spacial score (nSPS) is 19.7. The van der Waals surface area contributed by atoms with Crippen molar-refractivity contribution >= 4 is 5.78 Å². The first kappa shape index (κ1) is 13.3. The fourth-order valence-corrected chi connectivity index (χ4v) is 3.55. The fraction of sp³-hybridized carbons (Fsp3) is 0.588. The van der Waals surface area contributed by atoms with E-state index in [9.17, 15) is 4.79 Å². The summed E-state index contributed by atoms with van der Waals surface area (Å²) in [6, 6.07) is 4.26. The van der Waals surface area contributed by atoms with E-state index in [2.05, 4.69) is 26.0 Å². The number of benzene rings is 1. The molecule has 98 valence electrons. The van der Waals surface area contributed by atoms with Crippen molar-refractivity contribution in [3.63, 3.8) is 0 Å². The van der Waals surface area contributed by atoms with Gasteiger partial charge in [-0.05, 0) is 49.8 Å². The predicted molar refractivity (Wildman–Crippen MR) is 76.2 cm³/mol. The Balaban J connectivity index is 0.000000574. The SMILES string of the molecule is CC.Cc1ccc(C)c2c1CC1(CCCC1)C2=O. The molecule has 0 atom stereocenters. The summed E-state index contributed by atoms with van der Waals surface area (Å²) in [7, 11) is 0. The first-order chi connectivity index (χ1) is 8.64. The second-order valence-corrected chi connectivity index (χ2v) is 5.55. The van der Waals surface area contributed by atoms with Crippen molar-refractivity contribution in [1.82, 2.24) is 0 Å². The zero-order valence-electron chi connectivity index (χ0n) is 12.1. The molecule has 3 rings (SSSR count). The molecule has 0 heterocycles. The van der Waals surface area contributed by atoms with E-state index in [1.54, 1.807) is 0 Å². The number of carbonyl (C=O) groups excluding carboxylic acids is 1. The molecule has 2 aliphatic carbocycles. The second kappa shape index (κ2) is 4.87. The number of ketones is 1. The van der Waals surface area contributed by atoms with Crippen LogP contribution in [0.3, 0.4) is 0 Å². The van der Waals surface area contributed by atoms with Gasteiger partial charge in [-0.15, -0.1) is 0 Å². The van der Waals surface area contributed by atoms with Crippen molar-refractivity contribution < 1.29 is 4.79 Å². The third-order valence-electron chi connectivity index (χ3n) is 4.54. The van der Waals surface area contributed by atoms with Crippen molar-refractivity contribution in [1.29, 1.82) is 0 Å². The van der Waals surface area contributed by atoms with Crippen LogP contribution in [-0.2, 0) is 6.42 Å². The number of Topliss-reactive ketones (excluding diaryl/α,β-unsaturated/α-hetero) is 1. The Morgan fingerprint density at radius 2 is 1.56 bits per heavy atom. The Morgan fingerprint density at radius 3 is 2.11 bits per heavy atom. The molecule has 0 radical (unpaired) electrons. The third kappa shape index (κ3) is 1.81. The van der Waals surface area contributed by atoms with E-state index in [4.69, 9.17) is 0 Å². The Kier molecular flexibility index (Phi) is 3.61. The van der Waals surface area contributed by atoms with E-state index in [0.29, 0.717) is 5.78 Å². The zero-order valence-corrected chi connectivity index (χ0v) is 12.1. The largest absolute Gasteiger partial charge is 0.294 e. The van der Waals surface area contributed by atoms with Crippen molar-refractivity contribution in [2.75, 3.05) is 0 Å². The summed E-state index contributed by atoms with van der Waals surface area (Å²) in [5, 5.41) is 0. The molecule has 1 aromatic rings. The van der Waals surface area contributed by atoms with E-state index in [1.807, 2.05) is 13.8 Å². The van der Waals surface area contributed by atoms with Crippen LogP contribution < -0.4 is 0 Å². The van der Waals surface area contributed by atoms with Gasteiger partial charge in [0.05, 0.1) is 0 Å². The van der Waals surface area contributed by atoms with E-state index in [-0.39, 0.29) is 5.41 Å². The van der Waals surface area contributed by atoms with Crippen molar-refractivity contribution in [3.8, 4) is 0 Å². The topological polar surface area (TPSA) is 17.1 Å². The monoisotopic (exact) mass is 244 g/mol. The van der Waals surface area contributed by atoms with Gasteiger partial charge < -0.3 is 0 Å². The van der Waals surface area contributed by atoms with Gasteiger partial charge in [-0.25, -0.2) is 0 Å². The maximum absolute atomic E-state index is 12.6. The minimum atomic E-state index is -0.000787. The van der Waals surface area contributed by atoms with Gasteiger partial charge in [-0.3, -0.25) is 4.79 Å². The molecule has 1 saturated carbocycles. The van der Waals surface area contributed by atoms with Crippen LogP contribution in [0.1, 0.15) is 66.6 Å². The number of carbonyl (C=O) groups is 1. The third-order valence-corrected chi connectivity index (χ3v) is 4.54. The summed E-state index contributed by atoms with van der Waals surface area (Å²) in [6.07, 6.45) is 5.70. The van der Waals surface area contributed by atoms with Gasteiger partial charge in [-0.2, -0.15) is 0 Å². The highest BCUT2D eigenvalue weighted by molar-refractivity contribution is 6.06. The molecule has 0 aliphatic heterocycles. The van der Waals surface area contributed by atoms with Crippen LogP contribution in [0.4, 0.5) is 0 Å².